The van der Waals surface area contributed by atoms with Crippen LogP contribution in [-0.4, -0.2) is 27.1 Å². The molecule has 8 heteroatoms. The van der Waals surface area contributed by atoms with Gasteiger partial charge in [-0.05, 0) is 17.7 Å². The first-order chi connectivity index (χ1) is 14.1. The summed E-state index contributed by atoms with van der Waals surface area (Å²) in [6, 6.07) is 16.2. The van der Waals surface area contributed by atoms with E-state index in [9.17, 15) is 14.4 Å². The molecule has 1 aliphatic heterocycles. The number of rotatable bonds is 5. The highest BCUT2D eigenvalue weighted by molar-refractivity contribution is 7.99. The first-order valence-electron chi connectivity index (χ1n) is 9.08. The van der Waals surface area contributed by atoms with E-state index in [2.05, 4.69) is 15.6 Å². The molecule has 0 atom stereocenters. The van der Waals surface area contributed by atoms with E-state index in [4.69, 9.17) is 0 Å². The van der Waals surface area contributed by atoms with Crippen LogP contribution in [0.15, 0.2) is 70.7 Å². The van der Waals surface area contributed by atoms with Crippen molar-refractivity contribution in [1.82, 2.24) is 14.9 Å². The number of benzene rings is 2. The van der Waals surface area contributed by atoms with E-state index >= 15 is 0 Å². The molecule has 2 aromatic carbocycles. The Morgan fingerprint density at radius 1 is 1.00 bits per heavy atom. The van der Waals surface area contributed by atoms with Crippen molar-refractivity contribution in [2.45, 2.75) is 18.2 Å². The maximum atomic E-state index is 12.7. The summed E-state index contributed by atoms with van der Waals surface area (Å²) in [5, 5.41) is 6.14. The van der Waals surface area contributed by atoms with Crippen LogP contribution >= 0.6 is 11.8 Å². The van der Waals surface area contributed by atoms with Crippen LogP contribution in [0.4, 0.5) is 5.69 Å². The second-order valence-corrected chi connectivity index (χ2v) is 7.49. The van der Waals surface area contributed by atoms with Crippen LogP contribution in [0, 0.1) is 0 Å². The molecule has 0 saturated carbocycles. The number of para-hydroxylation sites is 1. The first kappa shape index (κ1) is 18.9. The Balaban J connectivity index is 1.52. The average Bonchev–Trinajstić information content (AvgIpc) is 3.23. The molecule has 4 rings (SSSR count). The molecule has 0 unspecified atom stereocenters. The summed E-state index contributed by atoms with van der Waals surface area (Å²) in [7, 11) is 0. The van der Waals surface area contributed by atoms with Crippen LogP contribution < -0.4 is 16.2 Å². The SMILES string of the molecule is O=C(NCc1ccccc1)c1ccccc1NC(=O)c1cnc2n(c1=O)CCS2. The summed E-state index contributed by atoms with van der Waals surface area (Å²) >= 11 is 1.48. The largest absolute Gasteiger partial charge is 0.348 e. The normalized spacial score (nSPS) is 12.3. The number of nitrogens with one attached hydrogen (secondary N) is 2. The van der Waals surface area contributed by atoms with Crippen LogP contribution in [0.3, 0.4) is 0 Å². The van der Waals surface area contributed by atoms with E-state index < -0.39 is 5.91 Å². The fourth-order valence-corrected chi connectivity index (χ4v) is 3.94. The number of hydrogen-bond donors (Lipinski definition) is 2. The van der Waals surface area contributed by atoms with Crippen molar-refractivity contribution in [2.24, 2.45) is 0 Å². The van der Waals surface area contributed by atoms with E-state index in [1.54, 1.807) is 24.3 Å². The number of anilines is 1. The van der Waals surface area contributed by atoms with E-state index in [0.717, 1.165) is 11.3 Å². The fourth-order valence-electron chi connectivity index (χ4n) is 3.03. The van der Waals surface area contributed by atoms with Gasteiger partial charge in [0.15, 0.2) is 5.16 Å². The van der Waals surface area contributed by atoms with Gasteiger partial charge in [-0.2, -0.15) is 0 Å². The Bertz CT molecular complexity index is 1130. The topological polar surface area (TPSA) is 93.1 Å². The van der Waals surface area contributed by atoms with Gasteiger partial charge in [0.1, 0.15) is 5.56 Å². The molecule has 0 saturated heterocycles. The number of carbonyl (C=O) groups excluding carboxylic acids is 2. The Hall–Kier alpha value is -3.39. The van der Waals surface area contributed by atoms with E-state index in [0.29, 0.717) is 29.5 Å². The second-order valence-electron chi connectivity index (χ2n) is 6.43. The molecule has 2 N–H and O–H groups in total. The van der Waals surface area contributed by atoms with Gasteiger partial charge >= 0.3 is 0 Å². The monoisotopic (exact) mass is 406 g/mol. The van der Waals surface area contributed by atoms with Crippen molar-refractivity contribution < 1.29 is 9.59 Å². The van der Waals surface area contributed by atoms with Crippen molar-refractivity contribution in [3.8, 4) is 0 Å². The maximum Gasteiger partial charge on any atom is 0.267 e. The molecule has 29 heavy (non-hydrogen) atoms. The van der Waals surface area contributed by atoms with Gasteiger partial charge in [-0.3, -0.25) is 19.0 Å². The van der Waals surface area contributed by atoms with Crippen LogP contribution in [-0.2, 0) is 13.1 Å². The zero-order chi connectivity index (χ0) is 20.2. The summed E-state index contributed by atoms with van der Waals surface area (Å²) in [4.78, 5) is 42.0. The average molecular weight is 406 g/mol. The molecule has 3 aromatic rings. The summed E-state index contributed by atoms with van der Waals surface area (Å²) in [5.74, 6) is -0.138. The van der Waals surface area contributed by atoms with Gasteiger partial charge in [0.25, 0.3) is 17.4 Å². The van der Waals surface area contributed by atoms with Gasteiger partial charge in [-0.1, -0.05) is 54.2 Å². The van der Waals surface area contributed by atoms with Crippen molar-refractivity contribution >= 4 is 29.3 Å². The van der Waals surface area contributed by atoms with Crippen LogP contribution in [0.25, 0.3) is 0 Å². The molecular weight excluding hydrogens is 388 g/mol. The van der Waals surface area contributed by atoms with Crippen LogP contribution in [0.1, 0.15) is 26.3 Å². The molecule has 1 aromatic heterocycles. The maximum absolute atomic E-state index is 12.7. The third-order valence-electron chi connectivity index (χ3n) is 4.52. The highest BCUT2D eigenvalue weighted by atomic mass is 32.2. The minimum absolute atomic E-state index is 0.0456. The predicted molar refractivity (Wildman–Crippen MR) is 111 cm³/mol. The highest BCUT2D eigenvalue weighted by Crippen LogP contribution is 2.21. The Labute approximate surface area is 171 Å². The summed E-state index contributed by atoms with van der Waals surface area (Å²) in [6.45, 7) is 0.904. The second kappa shape index (κ2) is 8.32. The molecular formula is C21H18N4O3S. The van der Waals surface area contributed by atoms with Gasteiger partial charge in [0.05, 0.1) is 11.3 Å². The van der Waals surface area contributed by atoms with Crippen molar-refractivity contribution in [1.29, 1.82) is 0 Å². The smallest absolute Gasteiger partial charge is 0.267 e. The van der Waals surface area contributed by atoms with Crippen LogP contribution in [0.5, 0.6) is 0 Å². The summed E-state index contributed by atoms with van der Waals surface area (Å²) in [5.41, 5.74) is 1.21. The zero-order valence-electron chi connectivity index (χ0n) is 15.4. The molecule has 146 valence electrons. The molecule has 0 fully saturated rings. The Morgan fingerprint density at radius 3 is 2.59 bits per heavy atom. The number of fused-ring (bicyclic) bond motifs is 1. The van der Waals surface area contributed by atoms with Gasteiger partial charge < -0.3 is 10.6 Å². The molecule has 1 aliphatic rings. The fraction of sp³-hybridized carbons (Fsp3) is 0.143. The minimum atomic E-state index is -0.585. The van der Waals surface area contributed by atoms with Gasteiger partial charge in [0.2, 0.25) is 0 Å². The molecule has 0 bridgehead atoms. The molecule has 0 spiro atoms. The number of aromatic nitrogens is 2. The number of thioether (sulfide) groups is 1. The lowest BCUT2D eigenvalue weighted by Crippen LogP contribution is -2.30. The third kappa shape index (κ3) is 4.07. The molecule has 7 nitrogen and oxygen atoms in total. The van der Waals surface area contributed by atoms with E-state index in [1.165, 1.54) is 22.5 Å². The number of carbonyl (C=O) groups is 2. The zero-order valence-corrected chi connectivity index (χ0v) is 16.2. The number of amides is 2. The molecule has 2 amide bonds. The van der Waals surface area contributed by atoms with E-state index in [-0.39, 0.29) is 17.0 Å². The summed E-state index contributed by atoms with van der Waals surface area (Å²) in [6.07, 6.45) is 1.29. The van der Waals surface area contributed by atoms with Crippen LogP contribution in [0.2, 0.25) is 0 Å². The quantitative estimate of drug-likeness (QED) is 0.635. The number of hydrogen-bond acceptors (Lipinski definition) is 5. The minimum Gasteiger partial charge on any atom is -0.348 e. The Kier molecular flexibility index (Phi) is 5.44. The lowest BCUT2D eigenvalue weighted by Gasteiger charge is -2.12. The van der Waals surface area contributed by atoms with E-state index in [1.807, 2.05) is 30.3 Å². The molecule has 2 heterocycles. The van der Waals surface area contributed by atoms with Gasteiger partial charge in [0, 0.05) is 25.0 Å². The third-order valence-corrected chi connectivity index (χ3v) is 5.49. The van der Waals surface area contributed by atoms with Crippen molar-refractivity contribution in [2.75, 3.05) is 11.1 Å². The lowest BCUT2D eigenvalue weighted by atomic mass is 10.1. The number of nitrogens with zero attached hydrogens (tertiary/aromatic N) is 2. The van der Waals surface area contributed by atoms with Crippen molar-refractivity contribution in [3.63, 3.8) is 0 Å². The lowest BCUT2D eigenvalue weighted by molar-refractivity contribution is 0.0952. The highest BCUT2D eigenvalue weighted by Gasteiger charge is 2.21. The summed E-state index contributed by atoms with van der Waals surface area (Å²) < 4.78 is 1.50. The van der Waals surface area contributed by atoms with Gasteiger partial charge in [-0.15, -0.1) is 0 Å². The first-order valence-corrected chi connectivity index (χ1v) is 10.1. The molecule has 0 radical (unpaired) electrons. The standard InChI is InChI=1S/C21H18N4O3S/c26-18(22-12-14-6-2-1-3-7-14)15-8-4-5-9-17(15)24-19(27)16-13-23-21-25(20(16)28)10-11-29-21/h1-9,13H,10-12H2,(H,22,26)(H,24,27). The van der Waals surface area contributed by atoms with Crippen molar-refractivity contribution in [3.05, 3.63) is 87.8 Å². The molecule has 0 aliphatic carbocycles. The van der Waals surface area contributed by atoms with Gasteiger partial charge in [-0.25, -0.2) is 4.98 Å². The Morgan fingerprint density at radius 2 is 1.76 bits per heavy atom. The predicted octanol–water partition coefficient (Wildman–Crippen LogP) is 2.53.